The fourth-order valence-electron chi connectivity index (χ4n) is 3.23. The maximum absolute atomic E-state index is 13.6. The molecule has 2 unspecified atom stereocenters. The van der Waals surface area contributed by atoms with Crippen molar-refractivity contribution in [1.29, 1.82) is 0 Å². The Hall–Kier alpha value is -2.27. The molecule has 1 amide bonds. The largest absolute Gasteiger partial charge is 0.347 e. The van der Waals surface area contributed by atoms with E-state index < -0.39 is 11.6 Å². The van der Waals surface area contributed by atoms with Crippen LogP contribution in [0.2, 0.25) is 0 Å². The number of aryl methyl sites for hydroxylation is 1. The first-order valence-corrected chi connectivity index (χ1v) is 8.08. The van der Waals surface area contributed by atoms with Gasteiger partial charge in [0.25, 0.3) is 5.91 Å². The zero-order chi connectivity index (χ0) is 17.1. The Bertz CT molecular complexity index is 748. The van der Waals surface area contributed by atoms with Gasteiger partial charge in [0.1, 0.15) is 0 Å². The van der Waals surface area contributed by atoms with Gasteiger partial charge in [-0.2, -0.15) is 0 Å². The first-order chi connectivity index (χ1) is 11.6. The lowest BCUT2D eigenvalue weighted by Crippen LogP contribution is -2.50. The standard InChI is InChI=1S/C19H20F2N2O/c1-12-4-2-3-5-14(12)19(24)23-18-11-22-9-8-15(18)13-6-7-16(20)17(21)10-13/h2-7,10,15,18,22H,8-9,11H2,1H3,(H,23,24). The Morgan fingerprint density at radius 3 is 2.71 bits per heavy atom. The van der Waals surface area contributed by atoms with Crippen LogP contribution < -0.4 is 10.6 Å². The van der Waals surface area contributed by atoms with Crippen molar-refractivity contribution in [3.63, 3.8) is 0 Å². The van der Waals surface area contributed by atoms with Crippen LogP contribution in [-0.2, 0) is 0 Å². The van der Waals surface area contributed by atoms with Gasteiger partial charge in [-0.15, -0.1) is 0 Å². The molecule has 24 heavy (non-hydrogen) atoms. The zero-order valence-corrected chi connectivity index (χ0v) is 13.5. The maximum Gasteiger partial charge on any atom is 0.251 e. The third-order valence-corrected chi connectivity index (χ3v) is 4.56. The van der Waals surface area contributed by atoms with Crippen molar-refractivity contribution in [3.8, 4) is 0 Å². The molecule has 0 aliphatic carbocycles. The van der Waals surface area contributed by atoms with Gasteiger partial charge in [-0.1, -0.05) is 24.3 Å². The van der Waals surface area contributed by atoms with Crippen LogP contribution in [0.1, 0.15) is 33.8 Å². The molecule has 0 spiro atoms. The number of carbonyl (C=O) groups excluding carboxylic acids is 1. The van der Waals surface area contributed by atoms with Crippen LogP contribution in [0.4, 0.5) is 8.78 Å². The predicted molar refractivity (Wildman–Crippen MR) is 89.0 cm³/mol. The SMILES string of the molecule is Cc1ccccc1C(=O)NC1CNCCC1c1ccc(F)c(F)c1. The number of hydrogen-bond donors (Lipinski definition) is 2. The molecule has 0 saturated carbocycles. The second-order valence-electron chi connectivity index (χ2n) is 6.17. The van der Waals surface area contributed by atoms with Crippen molar-refractivity contribution in [2.45, 2.75) is 25.3 Å². The molecule has 0 aromatic heterocycles. The van der Waals surface area contributed by atoms with Gasteiger partial charge in [-0.25, -0.2) is 8.78 Å². The third kappa shape index (κ3) is 3.46. The van der Waals surface area contributed by atoms with Crippen molar-refractivity contribution in [2.24, 2.45) is 0 Å². The lowest BCUT2D eigenvalue weighted by Gasteiger charge is -2.33. The average molecular weight is 330 g/mol. The molecule has 0 radical (unpaired) electrons. The summed E-state index contributed by atoms with van der Waals surface area (Å²) in [5.41, 5.74) is 2.25. The maximum atomic E-state index is 13.6. The van der Waals surface area contributed by atoms with Crippen molar-refractivity contribution in [1.82, 2.24) is 10.6 Å². The van der Waals surface area contributed by atoms with Gasteiger partial charge in [-0.05, 0) is 49.2 Å². The summed E-state index contributed by atoms with van der Waals surface area (Å²) in [5.74, 6) is -1.90. The summed E-state index contributed by atoms with van der Waals surface area (Å²) < 4.78 is 26.7. The van der Waals surface area contributed by atoms with E-state index >= 15 is 0 Å². The highest BCUT2D eigenvalue weighted by molar-refractivity contribution is 5.95. The van der Waals surface area contributed by atoms with Gasteiger partial charge in [0.15, 0.2) is 11.6 Å². The lowest BCUT2D eigenvalue weighted by atomic mass is 9.85. The Balaban J connectivity index is 1.81. The highest BCUT2D eigenvalue weighted by atomic mass is 19.2. The molecule has 1 saturated heterocycles. The van der Waals surface area contributed by atoms with Crippen molar-refractivity contribution < 1.29 is 13.6 Å². The molecule has 5 heteroatoms. The monoisotopic (exact) mass is 330 g/mol. The second kappa shape index (κ2) is 7.09. The van der Waals surface area contributed by atoms with Crippen molar-refractivity contribution in [3.05, 3.63) is 70.8 Å². The van der Waals surface area contributed by atoms with Gasteiger partial charge in [0, 0.05) is 24.1 Å². The van der Waals surface area contributed by atoms with Gasteiger partial charge < -0.3 is 10.6 Å². The molecule has 126 valence electrons. The minimum absolute atomic E-state index is 0.0469. The molecule has 2 aromatic carbocycles. The molecule has 3 nitrogen and oxygen atoms in total. The third-order valence-electron chi connectivity index (χ3n) is 4.56. The molecule has 2 atom stereocenters. The minimum Gasteiger partial charge on any atom is -0.347 e. The van der Waals surface area contributed by atoms with E-state index in [0.29, 0.717) is 17.7 Å². The summed E-state index contributed by atoms with van der Waals surface area (Å²) in [7, 11) is 0. The van der Waals surface area contributed by atoms with Gasteiger partial charge >= 0.3 is 0 Å². The van der Waals surface area contributed by atoms with Crippen molar-refractivity contribution >= 4 is 5.91 Å². The fraction of sp³-hybridized carbons (Fsp3) is 0.316. The number of amides is 1. The van der Waals surface area contributed by atoms with Crippen LogP contribution in [0.25, 0.3) is 0 Å². The quantitative estimate of drug-likeness (QED) is 0.908. The Labute approximate surface area is 140 Å². The molecule has 1 aliphatic heterocycles. The van der Waals surface area contributed by atoms with E-state index in [1.54, 1.807) is 12.1 Å². The molecule has 1 heterocycles. The normalized spacial score (nSPS) is 20.6. The van der Waals surface area contributed by atoms with Crippen molar-refractivity contribution in [2.75, 3.05) is 13.1 Å². The number of halogens is 2. The molecule has 0 bridgehead atoms. The lowest BCUT2D eigenvalue weighted by molar-refractivity contribution is 0.0924. The van der Waals surface area contributed by atoms with Gasteiger partial charge in [0.2, 0.25) is 0 Å². The predicted octanol–water partition coefficient (Wildman–Crippen LogP) is 3.15. The van der Waals surface area contributed by atoms with Crippen LogP contribution in [0.5, 0.6) is 0 Å². The Morgan fingerprint density at radius 2 is 1.96 bits per heavy atom. The molecule has 1 aliphatic rings. The average Bonchev–Trinajstić information content (AvgIpc) is 2.58. The van der Waals surface area contributed by atoms with Crippen LogP contribution >= 0.6 is 0 Å². The Morgan fingerprint density at radius 1 is 1.17 bits per heavy atom. The summed E-state index contributed by atoms with van der Waals surface area (Å²) in [4.78, 5) is 12.6. The van der Waals surface area contributed by atoms with E-state index in [2.05, 4.69) is 10.6 Å². The first kappa shape index (κ1) is 16.6. The molecule has 2 aromatic rings. The second-order valence-corrected chi connectivity index (χ2v) is 6.17. The molecule has 3 rings (SSSR count). The van der Waals surface area contributed by atoms with Crippen LogP contribution in [-0.4, -0.2) is 25.0 Å². The highest BCUT2D eigenvalue weighted by Gasteiger charge is 2.28. The van der Waals surface area contributed by atoms with Crippen LogP contribution in [0, 0.1) is 18.6 Å². The van der Waals surface area contributed by atoms with E-state index in [1.165, 1.54) is 6.07 Å². The zero-order valence-electron chi connectivity index (χ0n) is 13.5. The van der Waals surface area contributed by atoms with Gasteiger partial charge in [-0.3, -0.25) is 4.79 Å². The minimum atomic E-state index is -0.854. The molecule has 1 fully saturated rings. The summed E-state index contributed by atoms with van der Waals surface area (Å²) in [5, 5.41) is 6.29. The molecular weight excluding hydrogens is 310 g/mol. The van der Waals surface area contributed by atoms with E-state index in [4.69, 9.17) is 0 Å². The first-order valence-electron chi connectivity index (χ1n) is 8.08. The number of carbonyl (C=O) groups is 1. The number of benzene rings is 2. The van der Waals surface area contributed by atoms with Gasteiger partial charge in [0.05, 0.1) is 0 Å². The number of nitrogens with one attached hydrogen (secondary N) is 2. The molecular formula is C19H20F2N2O. The van der Waals surface area contributed by atoms with E-state index in [1.807, 2.05) is 25.1 Å². The number of piperidine rings is 1. The number of rotatable bonds is 3. The highest BCUT2D eigenvalue weighted by Crippen LogP contribution is 2.27. The summed E-state index contributed by atoms with van der Waals surface area (Å²) >= 11 is 0. The topological polar surface area (TPSA) is 41.1 Å². The van der Waals surface area contributed by atoms with E-state index in [-0.39, 0.29) is 17.9 Å². The summed E-state index contributed by atoms with van der Waals surface area (Å²) in [6.45, 7) is 3.27. The van der Waals surface area contributed by atoms with Crippen LogP contribution in [0.15, 0.2) is 42.5 Å². The van der Waals surface area contributed by atoms with Crippen LogP contribution in [0.3, 0.4) is 0 Å². The molecule has 2 N–H and O–H groups in total. The Kier molecular flexibility index (Phi) is 4.90. The fourth-order valence-corrected chi connectivity index (χ4v) is 3.23. The summed E-state index contributed by atoms with van der Waals surface area (Å²) in [6.07, 6.45) is 0.754. The smallest absolute Gasteiger partial charge is 0.251 e. The van der Waals surface area contributed by atoms with E-state index in [9.17, 15) is 13.6 Å². The number of hydrogen-bond acceptors (Lipinski definition) is 2. The summed E-state index contributed by atoms with van der Waals surface area (Å²) in [6, 6.07) is 11.2. The van der Waals surface area contributed by atoms with E-state index in [0.717, 1.165) is 24.6 Å².